The van der Waals surface area contributed by atoms with E-state index in [4.69, 9.17) is 0 Å². The van der Waals surface area contributed by atoms with Crippen LogP contribution in [0.2, 0.25) is 0 Å². The number of ether oxygens (including phenoxy) is 1. The Labute approximate surface area is 153 Å². The molecule has 25 heavy (non-hydrogen) atoms. The van der Waals surface area contributed by atoms with Crippen LogP contribution in [0.15, 0.2) is 34.9 Å². The predicted molar refractivity (Wildman–Crippen MR) is 106 cm³/mol. The molecule has 0 amide bonds. The lowest BCUT2D eigenvalue weighted by Gasteiger charge is -2.09. The summed E-state index contributed by atoms with van der Waals surface area (Å²) < 4.78 is 16.4. The van der Waals surface area contributed by atoms with E-state index in [1.165, 1.54) is 16.7 Å². The van der Waals surface area contributed by atoms with Gasteiger partial charge in [0.15, 0.2) is 0 Å². The Bertz CT molecular complexity index is 540. The molecule has 4 nitrogen and oxygen atoms in total. The summed E-state index contributed by atoms with van der Waals surface area (Å²) in [6.07, 6.45) is 12.1. The van der Waals surface area contributed by atoms with Gasteiger partial charge in [0, 0.05) is 6.16 Å². The van der Waals surface area contributed by atoms with Crippen molar-refractivity contribution < 1.29 is 19.0 Å². The van der Waals surface area contributed by atoms with E-state index in [9.17, 15) is 14.3 Å². The second-order valence-corrected chi connectivity index (χ2v) is 8.94. The van der Waals surface area contributed by atoms with Crippen LogP contribution in [0.5, 0.6) is 0 Å². The van der Waals surface area contributed by atoms with E-state index in [-0.39, 0.29) is 12.8 Å². The number of hydrogen-bond donors (Lipinski definition) is 1. The Hall–Kier alpha value is -1.12. The molecule has 1 N–H and O–H groups in total. The molecule has 0 rings (SSSR count). The maximum atomic E-state index is 11.8. The van der Waals surface area contributed by atoms with Gasteiger partial charge in [-0.15, -0.1) is 0 Å². The maximum Gasteiger partial charge on any atom is 0.391 e. The second-order valence-electron chi connectivity index (χ2n) is 6.73. The summed E-state index contributed by atoms with van der Waals surface area (Å²) in [6, 6.07) is 0. The van der Waals surface area contributed by atoms with E-state index in [1.807, 2.05) is 0 Å². The third-order valence-electron chi connectivity index (χ3n) is 3.83. The number of rotatable bonds is 12. The fraction of sp³-hybridized carbons (Fsp3) is 0.650. The minimum absolute atomic E-state index is 0.0149. The lowest BCUT2D eigenvalue weighted by molar-refractivity contribution is 0.174. The van der Waals surface area contributed by atoms with Gasteiger partial charge in [-0.3, -0.25) is 4.57 Å². The van der Waals surface area contributed by atoms with E-state index in [0.29, 0.717) is 12.8 Å². The molecule has 0 heterocycles. The van der Waals surface area contributed by atoms with Gasteiger partial charge in [0.1, 0.15) is 0 Å². The predicted octanol–water partition coefficient (Wildman–Crippen LogP) is 6.61. The number of carbonyl (C=O) groups is 1. The molecule has 0 aromatic rings. The summed E-state index contributed by atoms with van der Waals surface area (Å²) in [6.45, 7) is 10.2. The molecule has 0 saturated carbocycles. The highest BCUT2D eigenvalue weighted by Crippen LogP contribution is 2.43. The monoisotopic (exact) mass is 370 g/mol. The molecule has 0 radical (unpaired) electrons. The zero-order valence-electron chi connectivity index (χ0n) is 16.5. The summed E-state index contributed by atoms with van der Waals surface area (Å²) in [4.78, 5) is 21.0. The lowest BCUT2D eigenvalue weighted by atomic mass is 10.1. The molecule has 0 aromatic heterocycles. The van der Waals surface area contributed by atoms with Crippen molar-refractivity contribution in [1.82, 2.24) is 0 Å². The Morgan fingerprint density at radius 3 is 2.00 bits per heavy atom. The number of unbranched alkanes of at least 4 members (excludes halogenated alkanes) is 1. The van der Waals surface area contributed by atoms with Gasteiger partial charge in [0.25, 0.3) is 0 Å². The fourth-order valence-corrected chi connectivity index (χ4v) is 3.43. The van der Waals surface area contributed by atoms with Gasteiger partial charge in [-0.25, -0.2) is 4.79 Å². The first kappa shape index (κ1) is 23.9. The summed E-state index contributed by atoms with van der Waals surface area (Å²) in [5, 5.41) is 0. The third-order valence-corrected chi connectivity index (χ3v) is 5.46. The minimum Gasteiger partial charge on any atom is -0.459 e. The molecule has 144 valence electrons. The van der Waals surface area contributed by atoms with Crippen molar-refractivity contribution in [2.45, 2.75) is 73.1 Å². The third kappa shape index (κ3) is 12.8. The average molecular weight is 370 g/mol. The van der Waals surface area contributed by atoms with Crippen LogP contribution in [-0.4, -0.2) is 23.4 Å². The molecule has 0 fully saturated rings. The van der Waals surface area contributed by atoms with Crippen LogP contribution in [-0.2, 0) is 9.30 Å². The average Bonchev–Trinajstić information content (AvgIpc) is 2.51. The molecule has 0 bridgehead atoms. The smallest absolute Gasteiger partial charge is 0.391 e. The van der Waals surface area contributed by atoms with Gasteiger partial charge in [0.05, 0.1) is 6.61 Å². The second kappa shape index (κ2) is 13.1. The van der Waals surface area contributed by atoms with Gasteiger partial charge >= 0.3 is 13.1 Å². The van der Waals surface area contributed by atoms with Gasteiger partial charge in [-0.2, -0.15) is 0 Å². The quantitative estimate of drug-likeness (QED) is 0.238. The van der Waals surface area contributed by atoms with E-state index in [2.05, 4.69) is 50.7 Å². The van der Waals surface area contributed by atoms with Crippen LogP contribution in [0.4, 0.5) is 4.79 Å². The highest BCUT2D eigenvalue weighted by molar-refractivity contribution is 7.74. The van der Waals surface area contributed by atoms with Crippen molar-refractivity contribution in [3.8, 4) is 0 Å². The molecule has 0 spiro atoms. The van der Waals surface area contributed by atoms with Crippen molar-refractivity contribution in [2.24, 2.45) is 0 Å². The number of hydrogen-bond acceptors (Lipinski definition) is 3. The molecular formula is C20H35O4P. The fourth-order valence-electron chi connectivity index (χ4n) is 2.31. The molecule has 0 saturated heterocycles. The van der Waals surface area contributed by atoms with Gasteiger partial charge < -0.3 is 9.63 Å². The molecule has 0 aromatic carbocycles. The summed E-state index contributed by atoms with van der Waals surface area (Å²) >= 11 is 0. The van der Waals surface area contributed by atoms with Crippen LogP contribution in [0.1, 0.15) is 73.1 Å². The van der Waals surface area contributed by atoms with Gasteiger partial charge in [-0.1, -0.05) is 34.9 Å². The van der Waals surface area contributed by atoms with Crippen molar-refractivity contribution >= 4 is 13.1 Å². The zero-order chi connectivity index (χ0) is 19.3. The topological polar surface area (TPSA) is 63.6 Å². The Morgan fingerprint density at radius 2 is 1.48 bits per heavy atom. The van der Waals surface area contributed by atoms with Crippen molar-refractivity contribution in [3.63, 3.8) is 0 Å². The van der Waals surface area contributed by atoms with Crippen molar-refractivity contribution in [1.29, 1.82) is 0 Å². The first-order valence-corrected chi connectivity index (χ1v) is 11.0. The van der Waals surface area contributed by atoms with E-state index < -0.39 is 13.1 Å². The highest BCUT2D eigenvalue weighted by Gasteiger charge is 2.29. The zero-order valence-corrected chi connectivity index (χ0v) is 17.4. The van der Waals surface area contributed by atoms with Crippen LogP contribution in [0.3, 0.4) is 0 Å². The molecule has 0 aliphatic rings. The Balaban J connectivity index is 4.08. The van der Waals surface area contributed by atoms with Crippen LogP contribution < -0.4 is 0 Å². The number of carbonyl (C=O) groups excluding carboxylic acids is 1. The molecule has 1 atom stereocenters. The maximum absolute atomic E-state index is 11.8. The molecular weight excluding hydrogens is 335 g/mol. The van der Waals surface area contributed by atoms with Crippen molar-refractivity contribution in [3.05, 3.63) is 34.9 Å². The summed E-state index contributed by atoms with van der Waals surface area (Å²) in [5.74, 6) is 0. The molecule has 0 aliphatic carbocycles. The molecule has 0 aliphatic heterocycles. The van der Waals surface area contributed by atoms with E-state index in [0.717, 1.165) is 25.7 Å². The normalized spacial score (nSPS) is 14.8. The first-order valence-electron chi connectivity index (χ1n) is 9.12. The van der Waals surface area contributed by atoms with Crippen LogP contribution in [0, 0.1) is 0 Å². The number of allylic oxidation sites excluding steroid dienone is 6. The van der Waals surface area contributed by atoms with Crippen LogP contribution >= 0.6 is 7.37 Å². The molecule has 1 unspecified atom stereocenters. The summed E-state index contributed by atoms with van der Waals surface area (Å²) in [5.41, 5.74) is 3.09. The van der Waals surface area contributed by atoms with Crippen LogP contribution in [0.25, 0.3) is 0 Å². The van der Waals surface area contributed by atoms with E-state index >= 15 is 0 Å². The lowest BCUT2D eigenvalue weighted by Crippen LogP contribution is -2.05. The largest absolute Gasteiger partial charge is 0.459 e. The van der Waals surface area contributed by atoms with Crippen molar-refractivity contribution in [2.75, 3.05) is 12.8 Å². The van der Waals surface area contributed by atoms with E-state index in [1.54, 1.807) is 6.92 Å². The standard InChI is InChI=1S/C20H35O4P/c1-6-24-20(21)25(22,23)16-8-7-12-18(4)14-10-15-19(5)13-9-11-17(2)3/h11-12,15H,6-10,13-14,16H2,1-5H3,(H,22,23)/b18-12+,19-15+. The first-order chi connectivity index (χ1) is 11.7. The highest BCUT2D eigenvalue weighted by atomic mass is 31.2. The minimum atomic E-state index is -3.82. The summed E-state index contributed by atoms with van der Waals surface area (Å²) in [7, 11) is -3.82. The SMILES string of the molecule is CCOC(=O)P(=O)(O)CCC/C=C(\C)CC/C=C(\C)CCC=C(C)C. The molecule has 5 heteroatoms. The van der Waals surface area contributed by atoms with Gasteiger partial charge in [-0.05, 0) is 73.1 Å². The Kier molecular flexibility index (Phi) is 12.5. The van der Waals surface area contributed by atoms with Gasteiger partial charge in [0.2, 0.25) is 0 Å². The Morgan fingerprint density at radius 1 is 0.960 bits per heavy atom.